The lowest BCUT2D eigenvalue weighted by Crippen LogP contribution is -2.17. The molecule has 2 aromatic carbocycles. The highest BCUT2D eigenvalue weighted by atomic mass is 16.6. The van der Waals surface area contributed by atoms with E-state index in [2.05, 4.69) is 5.10 Å². The number of benzene rings is 2. The number of nitro groups is 1. The molecule has 0 aliphatic heterocycles. The van der Waals surface area contributed by atoms with Crippen molar-refractivity contribution in [1.82, 2.24) is 5.43 Å². The zero-order valence-electron chi connectivity index (χ0n) is 12.4. The first-order chi connectivity index (χ1) is 11.3. The third kappa shape index (κ3) is 4.33. The molecule has 0 atom stereocenters. The molecule has 0 bridgehead atoms. The SMILES string of the molecule is O.O=C(N/N=C/c1cc([N+](=O)[O-])ccc1O)c1cc(O)c(O)c(O)c1. The Bertz CT molecular complexity index is 827. The molecule has 0 spiro atoms. The molecular formula is C14H13N3O8. The van der Waals surface area contributed by atoms with Gasteiger partial charge in [-0.3, -0.25) is 14.9 Å². The molecule has 0 aliphatic carbocycles. The van der Waals surface area contributed by atoms with E-state index in [1.165, 1.54) is 0 Å². The molecule has 11 heteroatoms. The molecular weight excluding hydrogens is 338 g/mol. The Balaban J connectivity index is 0.00000312. The van der Waals surface area contributed by atoms with Gasteiger partial charge in [-0.25, -0.2) is 5.43 Å². The van der Waals surface area contributed by atoms with Gasteiger partial charge in [0.05, 0.1) is 11.1 Å². The van der Waals surface area contributed by atoms with E-state index in [0.29, 0.717) is 0 Å². The van der Waals surface area contributed by atoms with Gasteiger partial charge in [-0.2, -0.15) is 5.10 Å². The zero-order valence-corrected chi connectivity index (χ0v) is 12.4. The number of carbonyl (C=O) groups excluding carboxylic acids is 1. The van der Waals surface area contributed by atoms with Crippen LogP contribution < -0.4 is 5.43 Å². The van der Waals surface area contributed by atoms with Crippen LogP contribution >= 0.6 is 0 Å². The fourth-order valence-electron chi connectivity index (χ4n) is 1.72. The van der Waals surface area contributed by atoms with E-state index in [1.807, 2.05) is 5.43 Å². The lowest BCUT2D eigenvalue weighted by Gasteiger charge is -2.04. The highest BCUT2D eigenvalue weighted by Crippen LogP contribution is 2.35. The van der Waals surface area contributed by atoms with Crippen molar-refractivity contribution in [3.63, 3.8) is 0 Å². The Morgan fingerprint density at radius 1 is 1.08 bits per heavy atom. The fraction of sp³-hybridized carbons (Fsp3) is 0. The van der Waals surface area contributed by atoms with Crippen molar-refractivity contribution < 1.29 is 35.6 Å². The number of phenolic OH excluding ortho intramolecular Hbond substituents is 4. The molecule has 0 unspecified atom stereocenters. The first-order valence-corrected chi connectivity index (χ1v) is 6.35. The van der Waals surface area contributed by atoms with E-state index in [9.17, 15) is 35.3 Å². The summed E-state index contributed by atoms with van der Waals surface area (Å²) in [6.45, 7) is 0. The van der Waals surface area contributed by atoms with Gasteiger partial charge in [0.2, 0.25) is 0 Å². The molecule has 25 heavy (non-hydrogen) atoms. The molecule has 0 heterocycles. The van der Waals surface area contributed by atoms with Crippen molar-refractivity contribution in [3.05, 3.63) is 51.6 Å². The van der Waals surface area contributed by atoms with E-state index in [0.717, 1.165) is 36.5 Å². The summed E-state index contributed by atoms with van der Waals surface area (Å²) < 4.78 is 0. The normalized spacial score (nSPS) is 10.2. The smallest absolute Gasteiger partial charge is 0.271 e. The summed E-state index contributed by atoms with van der Waals surface area (Å²) in [4.78, 5) is 21.8. The lowest BCUT2D eigenvalue weighted by molar-refractivity contribution is -0.384. The number of hydrazone groups is 1. The van der Waals surface area contributed by atoms with E-state index in [1.54, 1.807) is 0 Å². The minimum atomic E-state index is -0.832. The monoisotopic (exact) mass is 351 g/mol. The predicted octanol–water partition coefficient (Wildman–Crippen LogP) is 0.356. The maximum atomic E-state index is 11.8. The van der Waals surface area contributed by atoms with E-state index in [-0.39, 0.29) is 28.0 Å². The van der Waals surface area contributed by atoms with Gasteiger partial charge in [0.25, 0.3) is 11.6 Å². The molecule has 0 saturated heterocycles. The summed E-state index contributed by atoms with van der Waals surface area (Å²) >= 11 is 0. The van der Waals surface area contributed by atoms with Crippen LogP contribution in [0.5, 0.6) is 23.0 Å². The maximum Gasteiger partial charge on any atom is 0.271 e. The average molecular weight is 351 g/mol. The third-order valence-corrected chi connectivity index (χ3v) is 2.92. The van der Waals surface area contributed by atoms with Crippen LogP contribution in [-0.2, 0) is 0 Å². The summed E-state index contributed by atoms with van der Waals surface area (Å²) in [5.41, 5.74) is 1.58. The summed E-state index contributed by atoms with van der Waals surface area (Å²) in [5.74, 6) is -3.27. The molecule has 132 valence electrons. The Hall–Kier alpha value is -3.86. The van der Waals surface area contributed by atoms with E-state index < -0.39 is 28.1 Å². The number of hydrogen-bond donors (Lipinski definition) is 5. The molecule has 0 aliphatic rings. The van der Waals surface area contributed by atoms with Crippen LogP contribution in [0.4, 0.5) is 5.69 Å². The van der Waals surface area contributed by atoms with Crippen LogP contribution in [-0.4, -0.2) is 42.9 Å². The quantitative estimate of drug-likeness (QED) is 0.226. The highest BCUT2D eigenvalue weighted by molar-refractivity contribution is 5.96. The van der Waals surface area contributed by atoms with Gasteiger partial charge >= 0.3 is 0 Å². The topological polar surface area (TPSA) is 197 Å². The Morgan fingerprint density at radius 3 is 2.24 bits per heavy atom. The zero-order chi connectivity index (χ0) is 17.9. The fourth-order valence-corrected chi connectivity index (χ4v) is 1.72. The van der Waals surface area contributed by atoms with Gasteiger partial charge in [0.1, 0.15) is 5.75 Å². The molecule has 2 rings (SSSR count). The van der Waals surface area contributed by atoms with Gasteiger partial charge in [0.15, 0.2) is 17.2 Å². The number of carbonyl (C=O) groups is 1. The number of non-ortho nitro benzene ring substituents is 1. The van der Waals surface area contributed by atoms with E-state index in [4.69, 9.17) is 0 Å². The number of rotatable bonds is 4. The molecule has 0 aromatic heterocycles. The van der Waals surface area contributed by atoms with Gasteiger partial charge in [-0.05, 0) is 18.2 Å². The van der Waals surface area contributed by atoms with Crippen molar-refractivity contribution in [3.8, 4) is 23.0 Å². The summed E-state index contributed by atoms with van der Waals surface area (Å²) in [7, 11) is 0. The van der Waals surface area contributed by atoms with Gasteiger partial charge in [0, 0.05) is 23.3 Å². The van der Waals surface area contributed by atoms with E-state index >= 15 is 0 Å². The highest BCUT2D eigenvalue weighted by Gasteiger charge is 2.13. The minimum absolute atomic E-state index is 0. The first kappa shape index (κ1) is 19.2. The Kier molecular flexibility index (Phi) is 5.84. The van der Waals surface area contributed by atoms with Crippen molar-refractivity contribution in [1.29, 1.82) is 0 Å². The molecule has 0 saturated carbocycles. The van der Waals surface area contributed by atoms with Crippen molar-refractivity contribution in [2.75, 3.05) is 0 Å². The molecule has 0 fully saturated rings. The molecule has 2 aromatic rings. The Labute approximate surface area is 139 Å². The second-order valence-corrected chi connectivity index (χ2v) is 4.56. The van der Waals surface area contributed by atoms with Crippen LogP contribution in [0.15, 0.2) is 35.4 Å². The number of aromatic hydroxyl groups is 4. The Morgan fingerprint density at radius 2 is 1.68 bits per heavy atom. The van der Waals surface area contributed by atoms with Crippen LogP contribution in [0.2, 0.25) is 0 Å². The molecule has 7 N–H and O–H groups in total. The number of nitro benzene ring substituents is 1. The van der Waals surface area contributed by atoms with Crippen LogP contribution in [0.25, 0.3) is 0 Å². The van der Waals surface area contributed by atoms with Gasteiger partial charge < -0.3 is 25.9 Å². The second-order valence-electron chi connectivity index (χ2n) is 4.56. The number of amides is 1. The number of nitrogens with one attached hydrogen (secondary N) is 1. The predicted molar refractivity (Wildman–Crippen MR) is 84.9 cm³/mol. The lowest BCUT2D eigenvalue weighted by atomic mass is 10.2. The first-order valence-electron chi connectivity index (χ1n) is 6.35. The number of hydrogen-bond acceptors (Lipinski definition) is 8. The van der Waals surface area contributed by atoms with Gasteiger partial charge in [-0.1, -0.05) is 0 Å². The minimum Gasteiger partial charge on any atom is -0.507 e. The van der Waals surface area contributed by atoms with Crippen molar-refractivity contribution >= 4 is 17.8 Å². The number of phenols is 4. The molecule has 1 amide bonds. The van der Waals surface area contributed by atoms with Crippen LogP contribution in [0.3, 0.4) is 0 Å². The second kappa shape index (κ2) is 7.61. The molecule has 0 radical (unpaired) electrons. The van der Waals surface area contributed by atoms with Gasteiger partial charge in [-0.15, -0.1) is 0 Å². The largest absolute Gasteiger partial charge is 0.507 e. The van der Waals surface area contributed by atoms with Crippen molar-refractivity contribution in [2.45, 2.75) is 0 Å². The summed E-state index contributed by atoms with van der Waals surface area (Å²) in [6.07, 6.45) is 0.986. The van der Waals surface area contributed by atoms with Crippen molar-refractivity contribution in [2.24, 2.45) is 5.10 Å². The maximum absolute atomic E-state index is 11.8. The summed E-state index contributed by atoms with van der Waals surface area (Å²) in [5, 5.41) is 51.6. The summed E-state index contributed by atoms with van der Waals surface area (Å²) in [6, 6.07) is 5.09. The molecule has 11 nitrogen and oxygen atoms in total. The van der Waals surface area contributed by atoms with Crippen LogP contribution in [0, 0.1) is 10.1 Å². The number of nitrogens with zero attached hydrogens (tertiary/aromatic N) is 2. The van der Waals surface area contributed by atoms with Crippen LogP contribution in [0.1, 0.15) is 15.9 Å². The standard InChI is InChI=1S/C14H11N3O7.H2O/c18-10-2-1-9(17(23)24)3-8(10)6-15-16-14(22)7-4-11(19)13(21)12(20)5-7;/h1-6,18-21H,(H,16,22);1H2/b15-6+;. The third-order valence-electron chi connectivity index (χ3n) is 2.92. The average Bonchev–Trinajstić information content (AvgIpc) is 2.53.